The van der Waals surface area contributed by atoms with Gasteiger partial charge in [-0.3, -0.25) is 52.7 Å². The summed E-state index contributed by atoms with van der Waals surface area (Å²) >= 11 is 0. The number of hydrogen-bond acceptors (Lipinski definition) is 17. The Balaban J connectivity index is 6.90. The molecule has 0 bridgehead atoms. The molecule has 7 unspecified atom stereocenters. The molecule has 0 saturated carbocycles. The largest absolute Gasteiger partial charge is 0.481 e. The molecule has 0 aliphatic rings. The van der Waals surface area contributed by atoms with Crippen LogP contribution in [0.15, 0.2) is 0 Å². The molecule has 0 aromatic heterocycles. The van der Waals surface area contributed by atoms with E-state index in [2.05, 4.69) is 31.9 Å². The molecule has 456 valence electrons. The van der Waals surface area contributed by atoms with E-state index in [-0.39, 0.29) is 19.4 Å². The maximum Gasteiger partial charge on any atom is 0.407 e. The zero-order valence-corrected chi connectivity index (χ0v) is 44.9. The average Bonchev–Trinajstić information content (AvgIpc) is 3.34. The fourth-order valence-corrected chi connectivity index (χ4v) is 7.06. The molecule has 33 nitrogen and oxygen atoms in total. The Morgan fingerprint density at radius 1 is 0.321 bits per heavy atom. The van der Waals surface area contributed by atoms with Gasteiger partial charge < -0.3 is 88.1 Å². The van der Waals surface area contributed by atoms with Crippen LogP contribution in [-0.2, 0) is 76.7 Å². The van der Waals surface area contributed by atoms with E-state index in [1.54, 1.807) is 20.8 Å². The molecule has 8 amide bonds. The SMILES string of the molecule is CC(C)(C)OC(=O)NCCCCCCCC(=O)NC(CCC(=O)NC(CCC(=O)NC(CCC(=O)O)C(=O)O)C(=O)NC(CCC(=O)O)C(=O)O)C(=O)NC(CCC(=O)NC(CCC(=O)O)C(=O)O)C(=O)NC(CCC(=O)O)C(=O)O. The normalized spacial score (nSPS) is 13.5. The molecule has 0 aromatic rings. The molecule has 81 heavy (non-hydrogen) atoms. The van der Waals surface area contributed by atoms with Crippen LogP contribution < -0.4 is 42.5 Å². The van der Waals surface area contributed by atoms with Gasteiger partial charge in [0.2, 0.25) is 41.4 Å². The van der Waals surface area contributed by atoms with Crippen LogP contribution >= 0.6 is 0 Å². The van der Waals surface area contributed by atoms with Gasteiger partial charge in [-0.15, -0.1) is 0 Å². The number of carboxylic acid groups (broad SMARTS) is 8. The topological polar surface area (TPSA) is 540 Å². The number of rotatable bonds is 43. The highest BCUT2D eigenvalue weighted by atomic mass is 16.6. The van der Waals surface area contributed by atoms with E-state index in [0.29, 0.717) is 25.7 Å². The van der Waals surface area contributed by atoms with E-state index in [4.69, 9.17) is 25.2 Å². The molecule has 0 aliphatic carbocycles. The fourth-order valence-electron chi connectivity index (χ4n) is 7.06. The lowest BCUT2D eigenvalue weighted by molar-refractivity contribution is -0.144. The Morgan fingerprint density at radius 3 is 0.877 bits per heavy atom. The molecule has 0 aromatic carbocycles. The predicted octanol–water partition coefficient (Wildman–Crippen LogP) is -1.62. The van der Waals surface area contributed by atoms with Crippen LogP contribution in [0.25, 0.3) is 0 Å². The van der Waals surface area contributed by atoms with Crippen molar-refractivity contribution in [3.63, 3.8) is 0 Å². The van der Waals surface area contributed by atoms with E-state index in [1.807, 2.05) is 10.6 Å². The van der Waals surface area contributed by atoms with E-state index in [1.165, 1.54) is 0 Å². The number of ether oxygens (including phenoxy) is 1. The minimum Gasteiger partial charge on any atom is -0.481 e. The fraction of sp³-hybridized carbons (Fsp3) is 0.667. The molecule has 0 spiro atoms. The second kappa shape index (κ2) is 38.0. The minimum atomic E-state index is -1.94. The third kappa shape index (κ3) is 35.5. The average molecular weight is 1160 g/mol. The molecule has 16 N–H and O–H groups in total. The highest BCUT2D eigenvalue weighted by Gasteiger charge is 2.33. The van der Waals surface area contributed by atoms with Crippen LogP contribution in [0.1, 0.15) is 149 Å². The smallest absolute Gasteiger partial charge is 0.407 e. The van der Waals surface area contributed by atoms with Crippen molar-refractivity contribution in [2.75, 3.05) is 6.54 Å². The summed E-state index contributed by atoms with van der Waals surface area (Å²) in [6, 6.07) is -12.8. The van der Waals surface area contributed by atoms with Crippen molar-refractivity contribution < 1.29 is 122 Å². The second-order valence-corrected chi connectivity index (χ2v) is 19.3. The third-order valence-corrected chi connectivity index (χ3v) is 11.2. The van der Waals surface area contributed by atoms with Crippen LogP contribution in [-0.4, -0.2) is 190 Å². The van der Waals surface area contributed by atoms with Gasteiger partial charge in [0.15, 0.2) is 0 Å². The Bertz CT molecular complexity index is 2250. The van der Waals surface area contributed by atoms with Gasteiger partial charge in [-0.1, -0.05) is 19.3 Å². The molecular weight excluding hydrogens is 1090 g/mol. The van der Waals surface area contributed by atoms with E-state index in [0.717, 1.165) is 0 Å². The van der Waals surface area contributed by atoms with Crippen LogP contribution in [0.3, 0.4) is 0 Å². The first-order valence-corrected chi connectivity index (χ1v) is 25.5. The molecular formula is C48H74N8O25. The summed E-state index contributed by atoms with van der Waals surface area (Å²) in [7, 11) is 0. The molecule has 0 heterocycles. The standard InChI is InChI=1S/C48H74N8O25/c1-48(2,3)81-47(80)49-24-8-6-4-5-7-9-32(57)50-25(40(69)54-27(42(71)56-31(46(78)79)16-23-39(67)68)12-19-35(60)53-29(44(74)75)14-21-37(63)64)10-17-33(58)51-26(41(70)55-30(45(76)77)15-22-38(65)66)11-18-34(59)52-28(43(72)73)13-20-36(61)62/h25-31H,4-24H2,1-3H3,(H,49,80)(H,50,57)(H,51,58)(H,52,59)(H,53,60)(H,54,69)(H,55,70)(H,56,71)(H,61,62)(H,63,64)(H,65,66)(H,67,68)(H,72,73)(H,74,75)(H,76,77)(H,78,79). The third-order valence-electron chi connectivity index (χ3n) is 11.2. The van der Waals surface area contributed by atoms with Crippen LogP contribution in [0.5, 0.6) is 0 Å². The van der Waals surface area contributed by atoms with Gasteiger partial charge in [-0.25, -0.2) is 24.0 Å². The van der Waals surface area contributed by atoms with Gasteiger partial charge in [0.1, 0.15) is 47.9 Å². The molecule has 0 fully saturated rings. The van der Waals surface area contributed by atoms with Crippen molar-refractivity contribution in [3.05, 3.63) is 0 Å². The number of unbranched alkanes of at least 4 members (excludes halogenated alkanes) is 4. The van der Waals surface area contributed by atoms with Crippen LogP contribution in [0.4, 0.5) is 4.79 Å². The zero-order valence-electron chi connectivity index (χ0n) is 44.9. The van der Waals surface area contributed by atoms with Gasteiger partial charge in [0.05, 0.1) is 0 Å². The lowest BCUT2D eigenvalue weighted by atomic mass is 10.0. The number of amides is 8. The maximum atomic E-state index is 14.1. The number of carboxylic acids is 8. The van der Waals surface area contributed by atoms with Crippen molar-refractivity contribution in [2.45, 2.75) is 197 Å². The van der Waals surface area contributed by atoms with Crippen molar-refractivity contribution in [1.82, 2.24) is 42.5 Å². The zero-order chi connectivity index (χ0) is 62.0. The first-order chi connectivity index (χ1) is 37.7. The quantitative estimate of drug-likeness (QED) is 0.0305. The summed E-state index contributed by atoms with van der Waals surface area (Å²) in [5, 5.41) is 92.2. The van der Waals surface area contributed by atoms with Crippen molar-refractivity contribution in [2.24, 2.45) is 0 Å². The minimum absolute atomic E-state index is 0.220. The summed E-state index contributed by atoms with van der Waals surface area (Å²) in [5.41, 5.74) is -0.710. The van der Waals surface area contributed by atoms with E-state index in [9.17, 15) is 97.1 Å². The summed E-state index contributed by atoms with van der Waals surface area (Å²) in [5.74, 6) is -20.5. The number of carbonyl (C=O) groups excluding carboxylic acids is 8. The van der Waals surface area contributed by atoms with Crippen LogP contribution in [0, 0.1) is 0 Å². The molecule has 33 heteroatoms. The first-order valence-electron chi connectivity index (χ1n) is 25.5. The number of nitrogens with one attached hydrogen (secondary N) is 8. The molecule has 0 aliphatic heterocycles. The van der Waals surface area contributed by atoms with Crippen molar-refractivity contribution in [1.29, 1.82) is 0 Å². The Kier molecular flexibility index (Phi) is 33.9. The van der Waals surface area contributed by atoms with Gasteiger partial charge in [0.25, 0.3) is 0 Å². The lowest BCUT2D eigenvalue weighted by Crippen LogP contribution is -2.56. The number of aliphatic carboxylic acids is 8. The number of hydrogen-bond donors (Lipinski definition) is 16. The van der Waals surface area contributed by atoms with Gasteiger partial charge in [0, 0.05) is 57.9 Å². The molecule has 0 saturated heterocycles. The Labute approximate surface area is 462 Å². The Morgan fingerprint density at radius 2 is 0.568 bits per heavy atom. The summed E-state index contributed by atoms with van der Waals surface area (Å²) in [6.45, 7) is 5.37. The summed E-state index contributed by atoms with van der Waals surface area (Å²) in [4.78, 5) is 198. The van der Waals surface area contributed by atoms with Crippen LogP contribution in [0.2, 0.25) is 0 Å². The first kappa shape index (κ1) is 72.3. The summed E-state index contributed by atoms with van der Waals surface area (Å²) in [6.07, 6.45) is -8.43. The highest BCUT2D eigenvalue weighted by molar-refractivity contribution is 5.95. The predicted molar refractivity (Wildman–Crippen MR) is 271 cm³/mol. The van der Waals surface area contributed by atoms with Crippen molar-refractivity contribution >= 4 is 95.2 Å². The van der Waals surface area contributed by atoms with E-state index < -0.39 is 233 Å². The second-order valence-electron chi connectivity index (χ2n) is 19.3. The van der Waals surface area contributed by atoms with Gasteiger partial charge >= 0.3 is 53.8 Å². The lowest BCUT2D eigenvalue weighted by Gasteiger charge is -2.25. The Hall–Kier alpha value is -8.68. The van der Waals surface area contributed by atoms with Gasteiger partial charge in [-0.05, 0) is 78.6 Å². The number of alkyl carbamates (subject to hydrolysis) is 1. The highest BCUT2D eigenvalue weighted by Crippen LogP contribution is 2.12. The van der Waals surface area contributed by atoms with E-state index >= 15 is 0 Å². The van der Waals surface area contributed by atoms with Gasteiger partial charge in [-0.2, -0.15) is 0 Å². The number of carbonyl (C=O) groups is 16. The molecule has 0 radical (unpaired) electrons. The summed E-state index contributed by atoms with van der Waals surface area (Å²) < 4.78 is 5.18. The van der Waals surface area contributed by atoms with Crippen molar-refractivity contribution in [3.8, 4) is 0 Å². The molecule has 0 rings (SSSR count). The monoisotopic (exact) mass is 1160 g/mol. The maximum absolute atomic E-state index is 14.1. The molecule has 7 atom stereocenters.